The fourth-order valence-electron chi connectivity index (χ4n) is 4.09. The number of nitriles is 1. The first-order chi connectivity index (χ1) is 16.9. The molecule has 0 fully saturated rings. The van der Waals surface area contributed by atoms with Crippen molar-refractivity contribution in [2.75, 3.05) is 7.11 Å². The second-order valence-electron chi connectivity index (χ2n) is 9.50. The molecule has 0 spiro atoms. The molecule has 0 aliphatic carbocycles. The number of unbranched alkanes of at least 4 members (excludes halogenated alkanes) is 1. The van der Waals surface area contributed by atoms with Gasteiger partial charge in [0.1, 0.15) is 11.9 Å². The van der Waals surface area contributed by atoms with Crippen molar-refractivity contribution in [1.82, 2.24) is 9.62 Å². The number of ether oxygens (including phenoxy) is 1. The summed E-state index contributed by atoms with van der Waals surface area (Å²) in [5.74, 6) is 0.535. The Morgan fingerprint density at radius 2 is 1.89 bits per heavy atom. The van der Waals surface area contributed by atoms with Crippen molar-refractivity contribution in [1.29, 1.82) is 5.26 Å². The molecular formula is C26H35N3O6S. The number of aliphatic hydroxyl groups excluding tert-OH is 1. The van der Waals surface area contributed by atoms with Gasteiger partial charge in [0.05, 0.1) is 24.2 Å². The third kappa shape index (κ3) is 7.95. The molecule has 0 bridgehead atoms. The van der Waals surface area contributed by atoms with Crippen LogP contribution in [0.3, 0.4) is 0 Å². The summed E-state index contributed by atoms with van der Waals surface area (Å²) >= 11 is 0. The van der Waals surface area contributed by atoms with Crippen LogP contribution in [0.5, 0.6) is 5.75 Å². The summed E-state index contributed by atoms with van der Waals surface area (Å²) in [7, 11) is -2.75. The molecular weight excluding hydrogens is 482 g/mol. The van der Waals surface area contributed by atoms with Crippen LogP contribution < -0.4 is 10.1 Å². The van der Waals surface area contributed by atoms with Gasteiger partial charge in [0.15, 0.2) is 0 Å². The van der Waals surface area contributed by atoms with E-state index in [0.717, 1.165) is 17.1 Å². The summed E-state index contributed by atoms with van der Waals surface area (Å²) < 4.78 is 34.2. The van der Waals surface area contributed by atoms with E-state index in [0.29, 0.717) is 29.7 Å². The molecule has 2 aromatic rings. The molecule has 10 heteroatoms. The first kappa shape index (κ1) is 29.1. The number of hydrogen-bond donors (Lipinski definition) is 3. The number of aliphatic hydroxyl groups is 1. The van der Waals surface area contributed by atoms with E-state index < -0.39 is 28.4 Å². The molecule has 2 aromatic carbocycles. The van der Waals surface area contributed by atoms with Gasteiger partial charge in [0.2, 0.25) is 10.0 Å². The van der Waals surface area contributed by atoms with Crippen LogP contribution in [0.4, 0.5) is 4.79 Å². The predicted molar refractivity (Wildman–Crippen MR) is 136 cm³/mol. The number of carboxylic acid groups (broad SMARTS) is 1. The van der Waals surface area contributed by atoms with Gasteiger partial charge in [0, 0.05) is 13.0 Å². The molecule has 0 heterocycles. The lowest BCUT2D eigenvalue weighted by Gasteiger charge is -2.33. The second kappa shape index (κ2) is 12.7. The maximum Gasteiger partial charge on any atom is 0.406 e. The summed E-state index contributed by atoms with van der Waals surface area (Å²) in [6.07, 6.45) is -1.74. The minimum Gasteiger partial charge on any atom is -0.496 e. The average molecular weight is 518 g/mol. The van der Waals surface area contributed by atoms with Crippen molar-refractivity contribution in [3.63, 3.8) is 0 Å². The topological polar surface area (TPSA) is 140 Å². The molecule has 0 aliphatic rings. The van der Waals surface area contributed by atoms with E-state index >= 15 is 0 Å². The Labute approximate surface area is 213 Å². The van der Waals surface area contributed by atoms with Gasteiger partial charge in [-0.25, -0.2) is 13.2 Å². The zero-order valence-corrected chi connectivity index (χ0v) is 22.0. The molecule has 0 aliphatic heterocycles. The Kier molecular flexibility index (Phi) is 10.3. The van der Waals surface area contributed by atoms with E-state index in [1.807, 2.05) is 13.8 Å². The van der Waals surface area contributed by atoms with Gasteiger partial charge in [-0.05, 0) is 60.9 Å². The van der Waals surface area contributed by atoms with Crippen molar-refractivity contribution in [2.45, 2.75) is 70.2 Å². The van der Waals surface area contributed by atoms with E-state index in [1.165, 1.54) is 26.2 Å². The Bertz CT molecular complexity index is 1160. The van der Waals surface area contributed by atoms with Crippen LogP contribution in [0.1, 0.15) is 51.2 Å². The number of hydrogen-bond acceptors (Lipinski definition) is 6. The van der Waals surface area contributed by atoms with Crippen molar-refractivity contribution < 1.29 is 28.2 Å². The van der Waals surface area contributed by atoms with Gasteiger partial charge in [0.25, 0.3) is 0 Å². The third-order valence-electron chi connectivity index (χ3n) is 5.89. The summed E-state index contributed by atoms with van der Waals surface area (Å²) in [5, 5.41) is 30.7. The Balaban J connectivity index is 2.54. The number of nitrogens with one attached hydrogen (secondary N) is 1. The van der Waals surface area contributed by atoms with Crippen molar-refractivity contribution >= 4 is 16.1 Å². The fourth-order valence-corrected chi connectivity index (χ4v) is 5.74. The average Bonchev–Trinajstić information content (AvgIpc) is 2.81. The van der Waals surface area contributed by atoms with Crippen molar-refractivity contribution in [2.24, 2.45) is 5.41 Å². The van der Waals surface area contributed by atoms with E-state index in [1.54, 1.807) is 36.4 Å². The van der Waals surface area contributed by atoms with Crippen LogP contribution in [-0.2, 0) is 23.0 Å². The second-order valence-corrected chi connectivity index (χ2v) is 11.4. The standard InChI is InChI=1S/C26H35N3O6S/c1-19(30)24(28-25(31)32)29(18-20-10-6-5-7-11-20)36(33,34)22-12-13-23(35-4)21(16-22)17-26(2,3)14-8-9-15-27/h5-7,10-13,16,19,24,28,30H,8-9,14,17-18H2,1-4H3,(H,31,32)/t19-,24+/m1/s1. The highest BCUT2D eigenvalue weighted by Gasteiger charge is 2.36. The van der Waals surface area contributed by atoms with Gasteiger partial charge in [-0.2, -0.15) is 9.57 Å². The SMILES string of the molecule is COc1ccc(S(=O)(=O)N(Cc2ccccc2)[C@H](NC(=O)O)[C@@H](C)O)cc1CC(C)(C)CCCC#N. The van der Waals surface area contributed by atoms with Crippen LogP contribution in [0, 0.1) is 16.7 Å². The van der Waals surface area contributed by atoms with Crippen LogP contribution in [0.15, 0.2) is 53.4 Å². The van der Waals surface area contributed by atoms with Crippen LogP contribution in [0.25, 0.3) is 0 Å². The lowest BCUT2D eigenvalue weighted by molar-refractivity contribution is 0.0785. The zero-order valence-electron chi connectivity index (χ0n) is 21.1. The zero-order chi connectivity index (χ0) is 26.9. The molecule has 2 rings (SSSR count). The number of rotatable bonds is 13. The van der Waals surface area contributed by atoms with E-state index in [2.05, 4.69) is 11.4 Å². The largest absolute Gasteiger partial charge is 0.496 e. The monoisotopic (exact) mass is 517 g/mol. The predicted octanol–water partition coefficient (Wildman–Crippen LogP) is 4.12. The lowest BCUT2D eigenvalue weighted by atomic mass is 9.81. The van der Waals surface area contributed by atoms with Crippen LogP contribution >= 0.6 is 0 Å². The molecule has 0 saturated heterocycles. The molecule has 2 atom stereocenters. The highest BCUT2D eigenvalue weighted by molar-refractivity contribution is 7.89. The van der Waals surface area contributed by atoms with Gasteiger partial charge in [-0.15, -0.1) is 0 Å². The number of benzene rings is 2. The molecule has 9 nitrogen and oxygen atoms in total. The number of amides is 1. The Hall–Kier alpha value is -3.13. The summed E-state index contributed by atoms with van der Waals surface area (Å²) in [6, 6.07) is 15.4. The number of sulfonamides is 1. The molecule has 0 radical (unpaired) electrons. The number of nitrogens with zero attached hydrogens (tertiary/aromatic N) is 2. The smallest absolute Gasteiger partial charge is 0.406 e. The van der Waals surface area contributed by atoms with Gasteiger partial charge < -0.3 is 20.3 Å². The molecule has 196 valence electrons. The fraction of sp³-hybridized carbons (Fsp3) is 0.462. The molecule has 0 saturated carbocycles. The number of methoxy groups -OCH3 is 1. The van der Waals surface area contributed by atoms with Gasteiger partial charge in [-0.3, -0.25) is 0 Å². The van der Waals surface area contributed by atoms with Crippen molar-refractivity contribution in [3.8, 4) is 11.8 Å². The molecule has 3 N–H and O–H groups in total. The quantitative estimate of drug-likeness (QED) is 0.268. The maximum absolute atomic E-state index is 13.9. The van der Waals surface area contributed by atoms with Gasteiger partial charge >= 0.3 is 6.09 Å². The molecule has 1 amide bonds. The highest BCUT2D eigenvalue weighted by Crippen LogP contribution is 2.34. The van der Waals surface area contributed by atoms with Crippen molar-refractivity contribution in [3.05, 3.63) is 59.7 Å². The summed E-state index contributed by atoms with van der Waals surface area (Å²) in [6.45, 7) is 5.28. The first-order valence-corrected chi connectivity index (χ1v) is 13.1. The Morgan fingerprint density at radius 3 is 2.44 bits per heavy atom. The molecule has 36 heavy (non-hydrogen) atoms. The van der Waals surface area contributed by atoms with Crippen LogP contribution in [0.2, 0.25) is 0 Å². The highest BCUT2D eigenvalue weighted by atomic mass is 32.2. The summed E-state index contributed by atoms with van der Waals surface area (Å²) in [5.41, 5.74) is 1.09. The maximum atomic E-state index is 13.9. The van der Waals surface area contributed by atoms with Gasteiger partial charge in [-0.1, -0.05) is 44.2 Å². The van der Waals surface area contributed by atoms with E-state index in [9.17, 15) is 23.4 Å². The number of carbonyl (C=O) groups is 1. The van der Waals surface area contributed by atoms with E-state index in [-0.39, 0.29) is 16.9 Å². The minimum atomic E-state index is -4.26. The Morgan fingerprint density at radius 1 is 1.22 bits per heavy atom. The normalized spacial score (nSPS) is 13.6. The van der Waals surface area contributed by atoms with E-state index in [4.69, 9.17) is 10.00 Å². The molecule has 0 unspecified atom stereocenters. The minimum absolute atomic E-state index is 0.0418. The first-order valence-electron chi connectivity index (χ1n) is 11.7. The van der Waals surface area contributed by atoms with Crippen LogP contribution in [-0.4, -0.2) is 48.4 Å². The summed E-state index contributed by atoms with van der Waals surface area (Å²) in [4.78, 5) is 11.4. The third-order valence-corrected chi connectivity index (χ3v) is 7.71. The lowest BCUT2D eigenvalue weighted by Crippen LogP contribution is -2.55. The molecule has 0 aromatic heterocycles.